The van der Waals surface area contributed by atoms with Crippen molar-refractivity contribution in [3.05, 3.63) is 35.9 Å². The van der Waals surface area contributed by atoms with E-state index in [-0.39, 0.29) is 11.3 Å². The van der Waals surface area contributed by atoms with Crippen molar-refractivity contribution in [1.82, 2.24) is 0 Å². The van der Waals surface area contributed by atoms with Crippen molar-refractivity contribution in [1.29, 1.82) is 5.26 Å². The van der Waals surface area contributed by atoms with Crippen LogP contribution in [0.25, 0.3) is 5.57 Å². The number of ether oxygens (including phenoxy) is 1. The predicted octanol–water partition coefficient (Wildman–Crippen LogP) is 2.96. The molecule has 1 aromatic rings. The molecule has 0 heterocycles. The quantitative estimate of drug-likeness (QED) is 0.855. The van der Waals surface area contributed by atoms with Gasteiger partial charge in [0.1, 0.15) is 5.75 Å². The molecule has 0 amide bonds. The highest BCUT2D eigenvalue weighted by Crippen LogP contribution is 2.59. The van der Waals surface area contributed by atoms with E-state index in [2.05, 4.69) is 6.07 Å². The fourth-order valence-electron chi connectivity index (χ4n) is 2.61. The van der Waals surface area contributed by atoms with Crippen molar-refractivity contribution in [2.75, 3.05) is 7.11 Å². The zero-order chi connectivity index (χ0) is 14.9. The topological polar surface area (TPSA) is 70.3 Å². The second-order valence-corrected chi connectivity index (χ2v) is 5.58. The van der Waals surface area contributed by atoms with Gasteiger partial charge in [0.05, 0.1) is 24.7 Å². The zero-order valence-electron chi connectivity index (χ0n) is 11.8. The molecule has 1 saturated carbocycles. The van der Waals surface area contributed by atoms with Gasteiger partial charge in [-0.3, -0.25) is 4.79 Å². The third-order valence-corrected chi connectivity index (χ3v) is 4.04. The monoisotopic (exact) mass is 271 g/mol. The van der Waals surface area contributed by atoms with Crippen molar-refractivity contribution in [2.24, 2.45) is 17.3 Å². The average Bonchev–Trinajstić information content (AvgIpc) is 2.97. The molecule has 0 aromatic heterocycles. The zero-order valence-corrected chi connectivity index (χ0v) is 11.8. The lowest BCUT2D eigenvalue weighted by Crippen LogP contribution is -2.03. The van der Waals surface area contributed by atoms with Gasteiger partial charge in [-0.2, -0.15) is 5.26 Å². The summed E-state index contributed by atoms with van der Waals surface area (Å²) in [5.74, 6) is -0.592. The number of carbonyl (C=O) groups is 1. The number of hydrogen-bond acceptors (Lipinski definition) is 3. The number of aliphatic carboxylic acids is 1. The van der Waals surface area contributed by atoms with E-state index in [0.29, 0.717) is 5.57 Å². The van der Waals surface area contributed by atoms with Crippen LogP contribution in [-0.2, 0) is 4.79 Å². The molecule has 104 valence electrons. The minimum absolute atomic E-state index is 0.100. The van der Waals surface area contributed by atoms with Crippen LogP contribution >= 0.6 is 0 Å². The van der Waals surface area contributed by atoms with Crippen LogP contribution in [0.4, 0.5) is 0 Å². The molecule has 2 unspecified atom stereocenters. The molecule has 0 bridgehead atoms. The van der Waals surface area contributed by atoms with Crippen LogP contribution in [0.5, 0.6) is 5.75 Å². The fraction of sp³-hybridized carbons (Fsp3) is 0.375. The van der Waals surface area contributed by atoms with Crippen molar-refractivity contribution < 1.29 is 14.6 Å². The third-order valence-electron chi connectivity index (χ3n) is 4.04. The maximum Gasteiger partial charge on any atom is 0.307 e. The van der Waals surface area contributed by atoms with Crippen LogP contribution in [0.15, 0.2) is 30.3 Å². The number of nitriles is 1. The lowest BCUT2D eigenvalue weighted by molar-refractivity contribution is -0.139. The Morgan fingerprint density at radius 1 is 1.40 bits per heavy atom. The molecule has 0 radical (unpaired) electrons. The van der Waals surface area contributed by atoms with Gasteiger partial charge in [0.25, 0.3) is 0 Å². The summed E-state index contributed by atoms with van der Waals surface area (Å²) in [5.41, 5.74) is 0.995. The summed E-state index contributed by atoms with van der Waals surface area (Å²) in [7, 11) is 1.58. The molecule has 1 fully saturated rings. The van der Waals surface area contributed by atoms with E-state index >= 15 is 0 Å². The first-order valence-corrected chi connectivity index (χ1v) is 6.41. The Labute approximate surface area is 118 Å². The first-order chi connectivity index (χ1) is 9.41. The highest BCUT2D eigenvalue weighted by molar-refractivity contribution is 5.81. The number of hydrogen-bond donors (Lipinski definition) is 1. The largest absolute Gasteiger partial charge is 0.497 e. The highest BCUT2D eigenvalue weighted by atomic mass is 16.5. The Bertz CT molecular complexity index is 593. The molecule has 2 rings (SSSR count). The van der Waals surface area contributed by atoms with Gasteiger partial charge in [-0.05, 0) is 41.2 Å². The number of carboxylic acids is 1. The molecule has 1 aromatic carbocycles. The van der Waals surface area contributed by atoms with Gasteiger partial charge in [-0.1, -0.05) is 19.9 Å². The molecule has 2 atom stereocenters. The molecule has 20 heavy (non-hydrogen) atoms. The Kier molecular flexibility index (Phi) is 3.54. The SMILES string of the molecule is COc1ccc(C(C#N)=CC2C(C(=O)O)C2(C)C)cc1. The van der Waals surface area contributed by atoms with E-state index < -0.39 is 11.9 Å². The summed E-state index contributed by atoms with van der Waals surface area (Å²) in [6.45, 7) is 3.83. The summed E-state index contributed by atoms with van der Waals surface area (Å²) in [6.07, 6.45) is 1.78. The second kappa shape index (κ2) is 5.01. The molecule has 4 heteroatoms. The lowest BCUT2D eigenvalue weighted by atomic mass is 10.0. The van der Waals surface area contributed by atoms with Gasteiger partial charge in [-0.15, -0.1) is 0 Å². The molecular formula is C16H17NO3. The van der Waals surface area contributed by atoms with Gasteiger partial charge in [0.2, 0.25) is 0 Å². The molecule has 1 N–H and O–H groups in total. The van der Waals surface area contributed by atoms with Gasteiger partial charge < -0.3 is 9.84 Å². The number of methoxy groups -OCH3 is 1. The summed E-state index contributed by atoms with van der Waals surface area (Å²) < 4.78 is 5.08. The number of carboxylic acid groups (broad SMARTS) is 1. The Balaban J connectivity index is 2.27. The van der Waals surface area contributed by atoms with E-state index in [1.165, 1.54) is 0 Å². The normalized spacial score (nSPS) is 23.8. The predicted molar refractivity (Wildman–Crippen MR) is 75.0 cm³/mol. The van der Waals surface area contributed by atoms with Crippen LogP contribution in [0, 0.1) is 28.6 Å². The molecule has 0 spiro atoms. The molecule has 1 aliphatic carbocycles. The highest BCUT2D eigenvalue weighted by Gasteiger charge is 2.61. The maximum atomic E-state index is 11.1. The first-order valence-electron chi connectivity index (χ1n) is 6.41. The standard InChI is InChI=1S/C16H17NO3/c1-16(2)13(14(16)15(18)19)8-11(9-17)10-4-6-12(20-3)7-5-10/h4-8,13-14H,1-3H3,(H,18,19). The number of allylic oxidation sites excluding steroid dienone is 2. The van der Waals surface area contributed by atoms with E-state index in [1.807, 2.05) is 13.8 Å². The van der Waals surface area contributed by atoms with Crippen LogP contribution in [-0.4, -0.2) is 18.2 Å². The van der Waals surface area contributed by atoms with E-state index in [9.17, 15) is 10.1 Å². The van der Waals surface area contributed by atoms with Crippen molar-refractivity contribution >= 4 is 11.5 Å². The smallest absolute Gasteiger partial charge is 0.307 e. The summed E-state index contributed by atoms with van der Waals surface area (Å²) >= 11 is 0. The van der Waals surface area contributed by atoms with E-state index in [4.69, 9.17) is 9.84 Å². The molecular weight excluding hydrogens is 254 g/mol. The molecule has 4 nitrogen and oxygen atoms in total. The molecule has 0 aliphatic heterocycles. The van der Waals surface area contributed by atoms with Crippen LogP contribution in [0.3, 0.4) is 0 Å². The Hall–Kier alpha value is -2.28. The summed E-state index contributed by atoms with van der Waals surface area (Å²) in [5, 5.41) is 18.4. The van der Waals surface area contributed by atoms with E-state index in [1.54, 1.807) is 37.5 Å². The Morgan fingerprint density at radius 2 is 2.00 bits per heavy atom. The van der Waals surface area contributed by atoms with Gasteiger partial charge >= 0.3 is 5.97 Å². The minimum atomic E-state index is -0.803. The lowest BCUT2D eigenvalue weighted by Gasteiger charge is -2.03. The van der Waals surface area contributed by atoms with Gasteiger partial charge in [0, 0.05) is 0 Å². The Morgan fingerprint density at radius 3 is 2.40 bits per heavy atom. The summed E-state index contributed by atoms with van der Waals surface area (Å²) in [6, 6.07) is 9.33. The van der Waals surface area contributed by atoms with Gasteiger partial charge in [0.15, 0.2) is 0 Å². The van der Waals surface area contributed by atoms with Crippen molar-refractivity contribution in [3.8, 4) is 11.8 Å². The maximum absolute atomic E-state index is 11.1. The number of rotatable bonds is 4. The van der Waals surface area contributed by atoms with Crippen molar-refractivity contribution in [3.63, 3.8) is 0 Å². The van der Waals surface area contributed by atoms with Crippen molar-refractivity contribution in [2.45, 2.75) is 13.8 Å². The van der Waals surface area contributed by atoms with Crippen LogP contribution < -0.4 is 4.74 Å². The third kappa shape index (κ3) is 2.39. The summed E-state index contributed by atoms with van der Waals surface area (Å²) in [4.78, 5) is 11.1. The minimum Gasteiger partial charge on any atom is -0.497 e. The fourth-order valence-corrected chi connectivity index (χ4v) is 2.61. The van der Waals surface area contributed by atoms with Crippen LogP contribution in [0.2, 0.25) is 0 Å². The first kappa shape index (κ1) is 14.1. The molecule has 1 aliphatic rings. The average molecular weight is 271 g/mol. The molecule has 0 saturated heterocycles. The second-order valence-electron chi connectivity index (χ2n) is 5.58. The van der Waals surface area contributed by atoms with Crippen LogP contribution in [0.1, 0.15) is 19.4 Å². The van der Waals surface area contributed by atoms with E-state index in [0.717, 1.165) is 11.3 Å². The van der Waals surface area contributed by atoms with Gasteiger partial charge in [-0.25, -0.2) is 0 Å². The number of benzene rings is 1. The number of nitrogens with zero attached hydrogens (tertiary/aromatic N) is 1.